The van der Waals surface area contributed by atoms with Crippen molar-refractivity contribution in [2.75, 3.05) is 0 Å². The predicted molar refractivity (Wildman–Crippen MR) is 173 cm³/mol. The van der Waals surface area contributed by atoms with Crippen LogP contribution >= 0.6 is 0 Å². The lowest BCUT2D eigenvalue weighted by Crippen LogP contribution is -2.75. The van der Waals surface area contributed by atoms with Crippen LogP contribution in [0.3, 0.4) is 0 Å². The Morgan fingerprint density at radius 1 is 0.886 bits per heavy atom. The van der Waals surface area contributed by atoms with Gasteiger partial charge in [0.05, 0.1) is 5.54 Å². The number of hydrogen-bond donors (Lipinski definition) is 1. The molecule has 0 bridgehead atoms. The number of carbonyl (C=O) groups excluding carboxylic acids is 3. The van der Waals surface area contributed by atoms with Crippen molar-refractivity contribution in [3.63, 3.8) is 0 Å². The van der Waals surface area contributed by atoms with E-state index in [-0.39, 0.29) is 34.8 Å². The summed E-state index contributed by atoms with van der Waals surface area (Å²) in [4.78, 5) is 38.9. The standard InChI is InChI=1S/C38H57NO5/c1-24(2)12-11-13-25(3)31-16-17-32-30-22-34(44-27(5)41)38(39-35(42)28-14-9-8-10-15-28)23-29(43-26(4)40)18-21-37(38,7)33(30)19-20-36(31,32)6/h8-10,14-15,24-25,29-34H,11-13,16-23H2,1-7H3,(H,39,42)/t25-,29+,30+,31-,32+,33+,34-,36-,37-,38+/m1/s1. The number of esters is 2. The van der Waals surface area contributed by atoms with E-state index in [1.165, 1.54) is 52.4 Å². The van der Waals surface area contributed by atoms with Gasteiger partial charge in [-0.05, 0) is 103 Å². The molecule has 4 saturated carbocycles. The highest BCUT2D eigenvalue weighted by molar-refractivity contribution is 5.94. The lowest BCUT2D eigenvalue weighted by atomic mass is 9.41. The highest BCUT2D eigenvalue weighted by Gasteiger charge is 2.69. The molecule has 0 spiro atoms. The zero-order valence-corrected chi connectivity index (χ0v) is 28.3. The molecule has 1 amide bonds. The number of hydrogen-bond acceptors (Lipinski definition) is 5. The van der Waals surface area contributed by atoms with Crippen LogP contribution in [0.15, 0.2) is 30.3 Å². The second-order valence-electron chi connectivity index (χ2n) is 15.9. The van der Waals surface area contributed by atoms with Crippen LogP contribution in [0.2, 0.25) is 0 Å². The molecule has 0 unspecified atom stereocenters. The Labute approximate surface area is 265 Å². The molecule has 0 aromatic heterocycles. The Balaban J connectivity index is 1.50. The van der Waals surface area contributed by atoms with Crippen LogP contribution in [0.4, 0.5) is 0 Å². The van der Waals surface area contributed by atoms with Crippen molar-refractivity contribution in [3.8, 4) is 0 Å². The van der Waals surface area contributed by atoms with Gasteiger partial charge >= 0.3 is 11.9 Å². The Bertz CT molecular complexity index is 1200. The van der Waals surface area contributed by atoms with Crippen LogP contribution in [-0.4, -0.2) is 35.6 Å². The van der Waals surface area contributed by atoms with Gasteiger partial charge in [0.1, 0.15) is 12.2 Å². The number of nitrogens with one attached hydrogen (secondary N) is 1. The third-order valence-corrected chi connectivity index (χ3v) is 13.1. The molecule has 4 aliphatic carbocycles. The summed E-state index contributed by atoms with van der Waals surface area (Å²) in [6.45, 7) is 15.0. The number of rotatable bonds is 9. The average Bonchev–Trinajstić information content (AvgIpc) is 3.31. The molecular formula is C38H57NO5. The highest BCUT2D eigenvalue weighted by Crippen LogP contribution is 2.69. The molecule has 1 N–H and O–H groups in total. The summed E-state index contributed by atoms with van der Waals surface area (Å²) in [6, 6.07) is 9.31. The summed E-state index contributed by atoms with van der Waals surface area (Å²) >= 11 is 0. The summed E-state index contributed by atoms with van der Waals surface area (Å²) in [5, 5.41) is 3.50. The van der Waals surface area contributed by atoms with E-state index in [0.29, 0.717) is 35.7 Å². The minimum atomic E-state index is -0.832. The van der Waals surface area contributed by atoms with E-state index in [1.54, 1.807) is 0 Å². The van der Waals surface area contributed by atoms with E-state index in [1.807, 2.05) is 30.3 Å². The molecule has 0 aliphatic heterocycles. The molecule has 0 radical (unpaired) electrons. The Morgan fingerprint density at radius 3 is 2.25 bits per heavy atom. The average molecular weight is 608 g/mol. The van der Waals surface area contributed by atoms with Crippen LogP contribution in [0.5, 0.6) is 0 Å². The van der Waals surface area contributed by atoms with Gasteiger partial charge in [0.25, 0.3) is 5.91 Å². The van der Waals surface area contributed by atoms with Crippen molar-refractivity contribution in [3.05, 3.63) is 35.9 Å². The van der Waals surface area contributed by atoms with Gasteiger partial charge in [0, 0.05) is 25.8 Å². The molecule has 44 heavy (non-hydrogen) atoms. The second kappa shape index (κ2) is 12.8. The molecule has 6 nitrogen and oxygen atoms in total. The van der Waals surface area contributed by atoms with Crippen molar-refractivity contribution in [2.24, 2.45) is 46.3 Å². The predicted octanol–water partition coefficient (Wildman–Crippen LogP) is 8.13. The molecule has 1 aromatic rings. The third kappa shape index (κ3) is 5.96. The minimum absolute atomic E-state index is 0.160. The fraction of sp³-hybridized carbons (Fsp3) is 0.763. The van der Waals surface area contributed by atoms with Crippen molar-refractivity contribution in [1.82, 2.24) is 5.32 Å². The van der Waals surface area contributed by atoms with E-state index >= 15 is 0 Å². The smallest absolute Gasteiger partial charge is 0.302 e. The molecule has 0 heterocycles. The van der Waals surface area contributed by atoms with Gasteiger partial charge in [0.15, 0.2) is 0 Å². The fourth-order valence-electron chi connectivity index (χ4n) is 11.1. The molecule has 10 atom stereocenters. The topological polar surface area (TPSA) is 81.7 Å². The van der Waals surface area contributed by atoms with Gasteiger partial charge < -0.3 is 14.8 Å². The SMILES string of the molecule is CC(=O)O[C@H]1CC[C@]2(C)[C@H]3CC[C@]4(C)[C@@H]([C@H](C)CCCC(C)C)CC[C@H]4[C@@H]3C[C@@H](OC(C)=O)[C@@]2(NC(=O)c2ccccc2)C1. The second-order valence-corrected chi connectivity index (χ2v) is 15.9. The largest absolute Gasteiger partial charge is 0.462 e. The van der Waals surface area contributed by atoms with Crippen molar-refractivity contribution >= 4 is 17.8 Å². The van der Waals surface area contributed by atoms with E-state index in [4.69, 9.17) is 9.47 Å². The number of benzene rings is 1. The molecule has 0 saturated heterocycles. The Morgan fingerprint density at radius 2 is 1.59 bits per heavy atom. The summed E-state index contributed by atoms with van der Waals surface area (Å²) in [5.74, 6) is 2.82. The number of carbonyl (C=O) groups is 3. The Kier molecular flexibility index (Phi) is 9.60. The molecule has 244 valence electrons. The first kappa shape index (κ1) is 33.0. The van der Waals surface area contributed by atoms with Crippen molar-refractivity contribution < 1.29 is 23.9 Å². The maximum Gasteiger partial charge on any atom is 0.302 e. The van der Waals surface area contributed by atoms with Gasteiger partial charge in [0.2, 0.25) is 0 Å². The maximum atomic E-state index is 13.9. The van der Waals surface area contributed by atoms with Crippen molar-refractivity contribution in [1.29, 1.82) is 0 Å². The van der Waals surface area contributed by atoms with Gasteiger partial charge in [-0.3, -0.25) is 14.4 Å². The first-order chi connectivity index (χ1) is 20.8. The Hall–Kier alpha value is -2.37. The van der Waals surface area contributed by atoms with E-state index in [0.717, 1.165) is 37.5 Å². The van der Waals surface area contributed by atoms with Crippen LogP contribution in [-0.2, 0) is 19.1 Å². The lowest BCUT2D eigenvalue weighted by molar-refractivity contribution is -0.211. The van der Waals surface area contributed by atoms with Crippen LogP contribution in [0, 0.1) is 46.3 Å². The summed E-state index contributed by atoms with van der Waals surface area (Å²) in [6.07, 6.45) is 10.7. The molecule has 4 fully saturated rings. The number of amides is 1. The normalized spacial score (nSPS) is 38.5. The highest BCUT2D eigenvalue weighted by atomic mass is 16.6. The van der Waals surface area contributed by atoms with Crippen LogP contribution in [0.1, 0.15) is 129 Å². The van der Waals surface area contributed by atoms with E-state index in [2.05, 4.69) is 39.9 Å². The summed E-state index contributed by atoms with van der Waals surface area (Å²) in [7, 11) is 0. The van der Waals surface area contributed by atoms with Gasteiger partial charge in [-0.2, -0.15) is 0 Å². The zero-order chi connectivity index (χ0) is 31.9. The molecular weight excluding hydrogens is 550 g/mol. The van der Waals surface area contributed by atoms with Gasteiger partial charge in [-0.15, -0.1) is 0 Å². The third-order valence-electron chi connectivity index (χ3n) is 13.1. The lowest BCUT2D eigenvalue weighted by Gasteiger charge is -2.67. The molecule has 6 heteroatoms. The first-order valence-corrected chi connectivity index (χ1v) is 17.5. The van der Waals surface area contributed by atoms with Crippen molar-refractivity contribution in [2.45, 2.75) is 137 Å². The van der Waals surface area contributed by atoms with E-state index in [9.17, 15) is 14.4 Å². The van der Waals surface area contributed by atoms with Crippen LogP contribution in [0.25, 0.3) is 0 Å². The minimum Gasteiger partial charge on any atom is -0.462 e. The first-order valence-electron chi connectivity index (χ1n) is 17.5. The molecule has 1 aromatic carbocycles. The monoisotopic (exact) mass is 607 g/mol. The quantitative estimate of drug-likeness (QED) is 0.287. The van der Waals surface area contributed by atoms with Gasteiger partial charge in [-0.1, -0.05) is 72.1 Å². The van der Waals surface area contributed by atoms with Gasteiger partial charge in [-0.25, -0.2) is 0 Å². The maximum absolute atomic E-state index is 13.9. The van der Waals surface area contributed by atoms with Crippen LogP contribution < -0.4 is 5.32 Å². The number of fused-ring (bicyclic) bond motifs is 5. The molecule has 4 aliphatic rings. The summed E-state index contributed by atoms with van der Waals surface area (Å²) in [5.41, 5.74) is -0.262. The zero-order valence-electron chi connectivity index (χ0n) is 28.3. The molecule has 5 rings (SSSR count). The summed E-state index contributed by atoms with van der Waals surface area (Å²) < 4.78 is 12.1. The van der Waals surface area contributed by atoms with E-state index < -0.39 is 11.6 Å². The fourth-order valence-corrected chi connectivity index (χ4v) is 11.1. The number of ether oxygens (including phenoxy) is 2.